The Morgan fingerprint density at radius 2 is 1.76 bits per heavy atom. The summed E-state index contributed by atoms with van der Waals surface area (Å²) in [4.78, 5) is 11.5. The van der Waals surface area contributed by atoms with Crippen LogP contribution in [0.15, 0.2) is 24.3 Å². The topological polar surface area (TPSA) is 26.3 Å². The Kier molecular flexibility index (Phi) is 3.50. The fraction of sp³-hybridized carbons (Fsp3) is 0.417. The zero-order chi connectivity index (χ0) is 13.3. The molecule has 0 radical (unpaired) electrons. The van der Waals surface area contributed by atoms with E-state index in [9.17, 15) is 18.0 Å². The summed E-state index contributed by atoms with van der Waals surface area (Å²) >= 11 is 0. The van der Waals surface area contributed by atoms with Gasteiger partial charge in [-0.1, -0.05) is 6.07 Å². The molecule has 0 aliphatic heterocycles. The van der Waals surface area contributed by atoms with Crippen molar-refractivity contribution in [3.8, 4) is 5.75 Å². The van der Waals surface area contributed by atoms with E-state index in [-0.39, 0.29) is 5.75 Å². The van der Waals surface area contributed by atoms with E-state index in [4.69, 9.17) is 4.74 Å². The lowest BCUT2D eigenvalue weighted by atomic mass is 9.97. The molecule has 1 aromatic carbocycles. The smallest absolute Gasteiger partial charge is 0.416 e. The molecule has 94 valence electrons. The van der Waals surface area contributed by atoms with E-state index in [0.29, 0.717) is 0 Å². The molecule has 17 heavy (non-hydrogen) atoms. The molecule has 0 atom stereocenters. The highest BCUT2D eigenvalue weighted by atomic mass is 19.4. The van der Waals surface area contributed by atoms with Crippen molar-refractivity contribution in [2.24, 2.45) is 5.41 Å². The molecule has 5 heteroatoms. The Hall–Kier alpha value is -1.52. The lowest BCUT2D eigenvalue weighted by molar-refractivity contribution is -0.144. The van der Waals surface area contributed by atoms with Crippen LogP contribution >= 0.6 is 0 Å². The number of benzene rings is 1. The second-order valence-electron chi connectivity index (χ2n) is 4.67. The van der Waals surface area contributed by atoms with E-state index in [1.807, 2.05) is 0 Å². The third-order valence-electron chi connectivity index (χ3n) is 1.98. The molecule has 1 rings (SSSR count). The molecule has 2 nitrogen and oxygen atoms in total. The van der Waals surface area contributed by atoms with Crippen LogP contribution in [-0.2, 0) is 11.0 Å². The van der Waals surface area contributed by atoms with E-state index in [0.717, 1.165) is 12.1 Å². The van der Waals surface area contributed by atoms with Crippen LogP contribution in [0.5, 0.6) is 5.75 Å². The number of hydrogen-bond donors (Lipinski definition) is 0. The van der Waals surface area contributed by atoms with Crippen LogP contribution < -0.4 is 4.74 Å². The molecule has 0 aliphatic carbocycles. The van der Waals surface area contributed by atoms with Crippen LogP contribution in [-0.4, -0.2) is 5.97 Å². The predicted molar refractivity (Wildman–Crippen MR) is 56.5 cm³/mol. The second kappa shape index (κ2) is 4.39. The summed E-state index contributed by atoms with van der Waals surface area (Å²) in [7, 11) is 0. The molecule has 0 bridgehead atoms. The van der Waals surface area contributed by atoms with Crippen LogP contribution in [0.3, 0.4) is 0 Å². The number of esters is 1. The van der Waals surface area contributed by atoms with Crippen LogP contribution in [0.1, 0.15) is 26.3 Å². The maximum atomic E-state index is 12.4. The third kappa shape index (κ3) is 3.76. The highest BCUT2D eigenvalue weighted by Gasteiger charge is 2.31. The van der Waals surface area contributed by atoms with Crippen molar-refractivity contribution >= 4 is 5.97 Å². The van der Waals surface area contributed by atoms with Gasteiger partial charge >= 0.3 is 12.1 Å². The Morgan fingerprint density at radius 1 is 1.18 bits per heavy atom. The van der Waals surface area contributed by atoms with E-state index in [1.54, 1.807) is 20.8 Å². The molecule has 1 aromatic rings. The number of carbonyl (C=O) groups is 1. The average Bonchev–Trinajstić information content (AvgIpc) is 2.15. The average molecular weight is 246 g/mol. The third-order valence-corrected chi connectivity index (χ3v) is 1.98. The fourth-order valence-corrected chi connectivity index (χ4v) is 0.996. The SMILES string of the molecule is CC(C)(C)C(=O)Oc1cccc(C(F)(F)F)c1. The quantitative estimate of drug-likeness (QED) is 0.558. The van der Waals surface area contributed by atoms with Crippen LogP contribution in [0, 0.1) is 5.41 Å². The minimum absolute atomic E-state index is 0.0975. The van der Waals surface area contributed by atoms with E-state index < -0.39 is 23.1 Å². The summed E-state index contributed by atoms with van der Waals surface area (Å²) in [5.74, 6) is -0.670. The minimum atomic E-state index is -4.44. The van der Waals surface area contributed by atoms with Gasteiger partial charge in [0.15, 0.2) is 0 Å². The molecule has 0 aromatic heterocycles. The van der Waals surface area contributed by atoms with Gasteiger partial charge in [0, 0.05) is 0 Å². The van der Waals surface area contributed by atoms with Crippen LogP contribution in [0.2, 0.25) is 0 Å². The highest BCUT2D eigenvalue weighted by Crippen LogP contribution is 2.31. The molecule has 0 saturated heterocycles. The number of alkyl halides is 3. The van der Waals surface area contributed by atoms with Crippen molar-refractivity contribution in [3.05, 3.63) is 29.8 Å². The molecule has 0 spiro atoms. The molecule has 0 saturated carbocycles. The van der Waals surface area contributed by atoms with Gasteiger partial charge < -0.3 is 4.74 Å². The van der Waals surface area contributed by atoms with Crippen molar-refractivity contribution in [2.45, 2.75) is 26.9 Å². The van der Waals surface area contributed by atoms with Gasteiger partial charge in [0.2, 0.25) is 0 Å². The number of halogens is 3. The van der Waals surface area contributed by atoms with Crippen molar-refractivity contribution in [1.29, 1.82) is 0 Å². The largest absolute Gasteiger partial charge is 0.426 e. The molecule has 0 fully saturated rings. The summed E-state index contributed by atoms with van der Waals surface area (Å²) < 4.78 is 42.1. The van der Waals surface area contributed by atoms with Gasteiger partial charge in [-0.3, -0.25) is 4.79 Å². The fourth-order valence-electron chi connectivity index (χ4n) is 0.996. The van der Waals surface area contributed by atoms with Crippen molar-refractivity contribution in [2.75, 3.05) is 0 Å². The van der Waals surface area contributed by atoms with Crippen LogP contribution in [0.4, 0.5) is 13.2 Å². The molecular weight excluding hydrogens is 233 g/mol. The van der Waals surface area contributed by atoms with Gasteiger partial charge in [-0.2, -0.15) is 13.2 Å². The predicted octanol–water partition coefficient (Wildman–Crippen LogP) is 3.66. The Morgan fingerprint density at radius 3 is 2.24 bits per heavy atom. The number of carbonyl (C=O) groups excluding carboxylic acids is 1. The van der Waals surface area contributed by atoms with E-state index >= 15 is 0 Å². The zero-order valence-corrected chi connectivity index (χ0v) is 9.76. The van der Waals surface area contributed by atoms with Crippen molar-refractivity contribution in [3.63, 3.8) is 0 Å². The zero-order valence-electron chi connectivity index (χ0n) is 9.76. The number of hydrogen-bond acceptors (Lipinski definition) is 2. The highest BCUT2D eigenvalue weighted by molar-refractivity contribution is 5.77. The van der Waals surface area contributed by atoms with Gasteiger partial charge in [-0.15, -0.1) is 0 Å². The van der Waals surface area contributed by atoms with Crippen molar-refractivity contribution < 1.29 is 22.7 Å². The van der Waals surface area contributed by atoms with Crippen LogP contribution in [0.25, 0.3) is 0 Å². The Balaban J connectivity index is 2.91. The normalized spacial score (nSPS) is 12.4. The summed E-state index contributed by atoms with van der Waals surface area (Å²) in [6.07, 6.45) is -4.44. The maximum Gasteiger partial charge on any atom is 0.416 e. The van der Waals surface area contributed by atoms with Gasteiger partial charge in [0.1, 0.15) is 5.75 Å². The molecular formula is C12H13F3O2. The summed E-state index contributed by atoms with van der Waals surface area (Å²) in [6, 6.07) is 4.26. The van der Waals surface area contributed by atoms with Gasteiger partial charge in [0.05, 0.1) is 11.0 Å². The maximum absolute atomic E-state index is 12.4. The monoisotopic (exact) mass is 246 g/mol. The van der Waals surface area contributed by atoms with Gasteiger partial charge in [-0.25, -0.2) is 0 Å². The second-order valence-corrected chi connectivity index (χ2v) is 4.67. The van der Waals surface area contributed by atoms with Gasteiger partial charge in [-0.05, 0) is 39.0 Å². The summed E-state index contributed by atoms with van der Waals surface area (Å²) in [5, 5.41) is 0. The molecule has 0 amide bonds. The first-order valence-corrected chi connectivity index (χ1v) is 5.00. The molecule has 0 aliphatic rings. The number of rotatable bonds is 1. The summed E-state index contributed by atoms with van der Waals surface area (Å²) in [6.45, 7) is 4.88. The van der Waals surface area contributed by atoms with Gasteiger partial charge in [0.25, 0.3) is 0 Å². The van der Waals surface area contributed by atoms with E-state index in [2.05, 4.69) is 0 Å². The first kappa shape index (κ1) is 13.5. The molecule has 0 N–H and O–H groups in total. The first-order chi connectivity index (χ1) is 7.60. The lowest BCUT2D eigenvalue weighted by Crippen LogP contribution is -2.25. The molecule has 0 unspecified atom stereocenters. The Bertz CT molecular complexity index is 416. The first-order valence-electron chi connectivity index (χ1n) is 5.00. The Labute approximate surface area is 97.4 Å². The standard InChI is InChI=1S/C12H13F3O2/c1-11(2,3)10(16)17-9-6-4-5-8(7-9)12(13,14)15/h4-7H,1-3H3. The van der Waals surface area contributed by atoms with Crippen molar-refractivity contribution in [1.82, 2.24) is 0 Å². The summed E-state index contributed by atoms with van der Waals surface area (Å²) in [5.41, 5.74) is -1.59. The molecule has 0 heterocycles. The lowest BCUT2D eigenvalue weighted by Gasteiger charge is -2.16. The number of ether oxygens (including phenoxy) is 1. The van der Waals surface area contributed by atoms with E-state index in [1.165, 1.54) is 12.1 Å². The minimum Gasteiger partial charge on any atom is -0.426 e.